The first kappa shape index (κ1) is 10.2. The first-order valence-corrected chi connectivity index (χ1v) is 5.83. The van der Waals surface area contributed by atoms with Gasteiger partial charge in [0.1, 0.15) is 0 Å². The van der Waals surface area contributed by atoms with Crippen LogP contribution in [0, 0.1) is 0 Å². The van der Waals surface area contributed by atoms with Gasteiger partial charge in [0.05, 0.1) is 11.4 Å². The Hall–Kier alpha value is -1.96. The summed E-state index contributed by atoms with van der Waals surface area (Å²) in [5, 5.41) is 2.44. The molecule has 2 aromatic carbocycles. The molecule has 2 aromatic rings. The van der Waals surface area contributed by atoms with Crippen LogP contribution in [0.2, 0.25) is 0 Å². The molecule has 0 radical (unpaired) electrons. The number of fused-ring (bicyclic) bond motifs is 2. The summed E-state index contributed by atoms with van der Waals surface area (Å²) in [5.41, 5.74) is 4.22. The standard InChI is InChI=1S/C15H14N2/c1-10-7-11(2)17-15-9-13-6-4-3-5-12(13)8-14(15)16-10/h3-6,8-9H,7H2,1-2H3. The van der Waals surface area contributed by atoms with Gasteiger partial charge < -0.3 is 0 Å². The Kier molecular flexibility index (Phi) is 2.29. The van der Waals surface area contributed by atoms with E-state index in [0.717, 1.165) is 29.2 Å². The van der Waals surface area contributed by atoms with Crippen LogP contribution in [-0.4, -0.2) is 11.4 Å². The molecule has 1 heterocycles. The number of hydrogen-bond acceptors (Lipinski definition) is 2. The van der Waals surface area contributed by atoms with Crippen molar-refractivity contribution in [2.75, 3.05) is 0 Å². The molecular formula is C15H14N2. The second kappa shape index (κ2) is 3.81. The number of rotatable bonds is 0. The van der Waals surface area contributed by atoms with Gasteiger partial charge in [-0.25, -0.2) is 0 Å². The van der Waals surface area contributed by atoms with Crippen molar-refractivity contribution in [3.8, 4) is 0 Å². The molecule has 0 bridgehead atoms. The third-order valence-corrected chi connectivity index (χ3v) is 2.98. The van der Waals surface area contributed by atoms with E-state index < -0.39 is 0 Å². The molecule has 17 heavy (non-hydrogen) atoms. The minimum atomic E-state index is 0.866. The Morgan fingerprint density at radius 1 is 0.824 bits per heavy atom. The maximum atomic E-state index is 4.64. The quantitative estimate of drug-likeness (QED) is 0.630. The molecule has 1 aliphatic heterocycles. The second-order valence-corrected chi connectivity index (χ2v) is 4.56. The molecule has 0 spiro atoms. The summed E-state index contributed by atoms with van der Waals surface area (Å²) >= 11 is 0. The molecule has 0 N–H and O–H groups in total. The minimum Gasteiger partial charge on any atom is -0.255 e. The fourth-order valence-corrected chi connectivity index (χ4v) is 2.26. The fraction of sp³-hybridized carbons (Fsp3) is 0.200. The van der Waals surface area contributed by atoms with Crippen molar-refractivity contribution in [3.05, 3.63) is 36.4 Å². The SMILES string of the molecule is CC1=Nc2cc3ccccc3cc2N=C(C)C1. The lowest BCUT2D eigenvalue weighted by molar-refractivity contribution is 1.44. The molecule has 1 aliphatic rings. The summed E-state index contributed by atoms with van der Waals surface area (Å²) < 4.78 is 0. The predicted octanol–water partition coefficient (Wildman–Crippen LogP) is 4.43. The van der Waals surface area contributed by atoms with Gasteiger partial charge in [-0.3, -0.25) is 9.98 Å². The van der Waals surface area contributed by atoms with Gasteiger partial charge >= 0.3 is 0 Å². The summed E-state index contributed by atoms with van der Waals surface area (Å²) in [6.45, 7) is 4.12. The van der Waals surface area contributed by atoms with Crippen LogP contribution >= 0.6 is 0 Å². The van der Waals surface area contributed by atoms with Crippen LogP contribution in [0.5, 0.6) is 0 Å². The lowest BCUT2D eigenvalue weighted by Crippen LogP contribution is -1.97. The van der Waals surface area contributed by atoms with E-state index in [2.05, 4.69) is 60.2 Å². The van der Waals surface area contributed by atoms with Gasteiger partial charge in [-0.15, -0.1) is 0 Å². The Bertz CT molecular complexity index is 595. The topological polar surface area (TPSA) is 24.7 Å². The highest BCUT2D eigenvalue weighted by atomic mass is 14.9. The first-order valence-electron chi connectivity index (χ1n) is 5.83. The van der Waals surface area contributed by atoms with Crippen molar-refractivity contribution in [1.82, 2.24) is 0 Å². The van der Waals surface area contributed by atoms with E-state index in [1.54, 1.807) is 0 Å². The Balaban J connectivity index is 2.33. The van der Waals surface area contributed by atoms with Crippen LogP contribution in [0.15, 0.2) is 46.4 Å². The molecule has 0 aliphatic carbocycles. The van der Waals surface area contributed by atoms with Crippen molar-refractivity contribution in [1.29, 1.82) is 0 Å². The molecule has 0 saturated heterocycles. The summed E-state index contributed by atoms with van der Waals surface area (Å²) in [7, 11) is 0. The lowest BCUT2D eigenvalue weighted by Gasteiger charge is -2.03. The van der Waals surface area contributed by atoms with Gasteiger partial charge in [0, 0.05) is 17.8 Å². The van der Waals surface area contributed by atoms with Gasteiger partial charge in [0.25, 0.3) is 0 Å². The lowest BCUT2D eigenvalue weighted by atomic mass is 10.1. The Labute approximate surface area is 101 Å². The third-order valence-electron chi connectivity index (χ3n) is 2.98. The van der Waals surface area contributed by atoms with Gasteiger partial charge in [0.15, 0.2) is 0 Å². The summed E-state index contributed by atoms with van der Waals surface area (Å²) in [5.74, 6) is 0. The molecule has 2 nitrogen and oxygen atoms in total. The van der Waals surface area contributed by atoms with Gasteiger partial charge in [-0.1, -0.05) is 24.3 Å². The van der Waals surface area contributed by atoms with Crippen molar-refractivity contribution in [2.24, 2.45) is 9.98 Å². The van der Waals surface area contributed by atoms with E-state index in [4.69, 9.17) is 0 Å². The number of aliphatic imine (C=N–C) groups is 2. The van der Waals surface area contributed by atoms with Crippen LogP contribution in [0.3, 0.4) is 0 Å². The summed E-state index contributed by atoms with van der Waals surface area (Å²) in [6, 6.07) is 12.6. The predicted molar refractivity (Wildman–Crippen MR) is 74.1 cm³/mol. The molecule has 0 atom stereocenters. The molecule has 0 unspecified atom stereocenters. The van der Waals surface area contributed by atoms with Crippen LogP contribution in [0.25, 0.3) is 10.8 Å². The fourth-order valence-electron chi connectivity index (χ4n) is 2.26. The van der Waals surface area contributed by atoms with Crippen molar-refractivity contribution in [2.45, 2.75) is 20.3 Å². The highest BCUT2D eigenvalue weighted by Crippen LogP contribution is 2.34. The number of hydrogen-bond donors (Lipinski definition) is 0. The van der Waals surface area contributed by atoms with Crippen molar-refractivity contribution < 1.29 is 0 Å². The molecule has 0 aromatic heterocycles. The molecule has 3 rings (SSSR count). The minimum absolute atomic E-state index is 0.866. The largest absolute Gasteiger partial charge is 0.255 e. The van der Waals surface area contributed by atoms with E-state index in [1.807, 2.05) is 0 Å². The summed E-state index contributed by atoms with van der Waals surface area (Å²) in [4.78, 5) is 9.28. The van der Waals surface area contributed by atoms with E-state index in [1.165, 1.54) is 10.8 Å². The second-order valence-electron chi connectivity index (χ2n) is 4.56. The van der Waals surface area contributed by atoms with Crippen LogP contribution in [-0.2, 0) is 0 Å². The first-order chi connectivity index (χ1) is 8.22. The van der Waals surface area contributed by atoms with Crippen LogP contribution < -0.4 is 0 Å². The van der Waals surface area contributed by atoms with E-state index in [9.17, 15) is 0 Å². The van der Waals surface area contributed by atoms with E-state index >= 15 is 0 Å². The molecule has 0 saturated carbocycles. The summed E-state index contributed by atoms with van der Waals surface area (Å²) in [6.07, 6.45) is 0.866. The third kappa shape index (κ3) is 1.86. The highest BCUT2D eigenvalue weighted by Gasteiger charge is 2.09. The van der Waals surface area contributed by atoms with Crippen LogP contribution in [0.1, 0.15) is 20.3 Å². The van der Waals surface area contributed by atoms with E-state index in [0.29, 0.717) is 0 Å². The zero-order valence-corrected chi connectivity index (χ0v) is 10.1. The molecular weight excluding hydrogens is 208 g/mol. The maximum absolute atomic E-state index is 4.64. The number of nitrogens with zero attached hydrogens (tertiary/aromatic N) is 2. The average Bonchev–Trinajstić information content (AvgIpc) is 2.42. The van der Waals surface area contributed by atoms with Gasteiger partial charge in [0.2, 0.25) is 0 Å². The maximum Gasteiger partial charge on any atom is 0.0891 e. The average molecular weight is 222 g/mol. The zero-order chi connectivity index (χ0) is 11.8. The smallest absolute Gasteiger partial charge is 0.0891 e. The molecule has 2 heteroatoms. The van der Waals surface area contributed by atoms with Crippen LogP contribution in [0.4, 0.5) is 11.4 Å². The number of benzene rings is 2. The Morgan fingerprint density at radius 2 is 1.29 bits per heavy atom. The van der Waals surface area contributed by atoms with Gasteiger partial charge in [-0.2, -0.15) is 0 Å². The zero-order valence-electron chi connectivity index (χ0n) is 10.1. The van der Waals surface area contributed by atoms with Crippen molar-refractivity contribution in [3.63, 3.8) is 0 Å². The monoisotopic (exact) mass is 222 g/mol. The van der Waals surface area contributed by atoms with E-state index in [-0.39, 0.29) is 0 Å². The Morgan fingerprint density at radius 3 is 1.76 bits per heavy atom. The molecule has 84 valence electrons. The van der Waals surface area contributed by atoms with Crippen molar-refractivity contribution >= 4 is 33.6 Å². The normalized spacial score (nSPS) is 14.9. The molecule has 0 amide bonds. The molecule has 0 fully saturated rings. The highest BCUT2D eigenvalue weighted by molar-refractivity contribution is 6.07. The van der Waals surface area contributed by atoms with Gasteiger partial charge in [-0.05, 0) is 36.8 Å².